The third-order valence-electron chi connectivity index (χ3n) is 3.07. The first-order valence-electron chi connectivity index (χ1n) is 5.39. The van der Waals surface area contributed by atoms with Gasteiger partial charge in [-0.3, -0.25) is 4.79 Å². The predicted molar refractivity (Wildman–Crippen MR) is 62.8 cm³/mol. The summed E-state index contributed by atoms with van der Waals surface area (Å²) in [5.74, 6) is -0.743. The van der Waals surface area contributed by atoms with Gasteiger partial charge < -0.3 is 10.4 Å². The Balaban J connectivity index is 2.02. The molecule has 0 radical (unpaired) electrons. The van der Waals surface area contributed by atoms with Crippen molar-refractivity contribution in [2.45, 2.75) is 12.8 Å². The highest BCUT2D eigenvalue weighted by atomic mass is 35.5. The molecule has 0 aromatic heterocycles. The fourth-order valence-corrected chi connectivity index (χ4v) is 1.95. The lowest BCUT2D eigenvalue weighted by Gasteiger charge is -2.12. The molecule has 0 heterocycles. The summed E-state index contributed by atoms with van der Waals surface area (Å²) in [6.07, 6.45) is 1.98. The maximum atomic E-state index is 12.9. The van der Waals surface area contributed by atoms with Gasteiger partial charge in [-0.1, -0.05) is 0 Å². The second kappa shape index (κ2) is 4.53. The van der Waals surface area contributed by atoms with Crippen molar-refractivity contribution in [2.75, 3.05) is 12.4 Å². The highest BCUT2D eigenvalue weighted by molar-refractivity contribution is 6.18. The van der Waals surface area contributed by atoms with Gasteiger partial charge in [-0.15, -0.1) is 11.6 Å². The average molecular weight is 258 g/mol. The van der Waals surface area contributed by atoms with E-state index in [-0.39, 0.29) is 16.7 Å². The molecule has 3 nitrogen and oxygen atoms in total. The number of benzene rings is 1. The summed E-state index contributed by atoms with van der Waals surface area (Å²) in [6, 6.07) is 3.29. The number of rotatable bonds is 4. The molecule has 0 spiro atoms. The zero-order valence-electron chi connectivity index (χ0n) is 9.17. The molecular formula is C12H13ClFNO2. The van der Waals surface area contributed by atoms with Gasteiger partial charge in [0.25, 0.3) is 5.91 Å². The van der Waals surface area contributed by atoms with Crippen LogP contribution in [-0.4, -0.2) is 23.4 Å². The standard InChI is InChI=1S/C12H13ClFNO2/c13-6-12(3-4-12)7-15-11(17)9-5-8(14)1-2-10(9)16/h1-2,5,16H,3-4,6-7H2,(H,15,17). The Kier molecular flexibility index (Phi) is 3.24. The van der Waals surface area contributed by atoms with Crippen molar-refractivity contribution >= 4 is 17.5 Å². The summed E-state index contributed by atoms with van der Waals surface area (Å²) in [5, 5.41) is 12.1. The predicted octanol–water partition coefficient (Wildman–Crippen LogP) is 2.28. The number of phenols is 1. The largest absolute Gasteiger partial charge is 0.507 e. The third kappa shape index (κ3) is 2.69. The van der Waals surface area contributed by atoms with E-state index >= 15 is 0 Å². The topological polar surface area (TPSA) is 49.3 Å². The Labute approximate surface area is 104 Å². The van der Waals surface area contributed by atoms with Crippen LogP contribution in [0.1, 0.15) is 23.2 Å². The molecule has 1 saturated carbocycles. The molecule has 2 N–H and O–H groups in total. The number of aromatic hydroxyl groups is 1. The van der Waals surface area contributed by atoms with E-state index in [0.717, 1.165) is 25.0 Å². The smallest absolute Gasteiger partial charge is 0.255 e. The van der Waals surface area contributed by atoms with E-state index in [1.165, 1.54) is 6.07 Å². The van der Waals surface area contributed by atoms with Crippen LogP contribution in [-0.2, 0) is 0 Å². The number of halogens is 2. The van der Waals surface area contributed by atoms with Crippen molar-refractivity contribution < 1.29 is 14.3 Å². The van der Waals surface area contributed by atoms with Gasteiger partial charge in [-0.2, -0.15) is 0 Å². The fraction of sp³-hybridized carbons (Fsp3) is 0.417. The van der Waals surface area contributed by atoms with Crippen LogP contribution in [0, 0.1) is 11.2 Å². The molecule has 0 unspecified atom stereocenters. The van der Waals surface area contributed by atoms with Crippen LogP contribution in [0.5, 0.6) is 5.75 Å². The summed E-state index contributed by atoms with van der Waals surface area (Å²) < 4.78 is 12.9. The van der Waals surface area contributed by atoms with Gasteiger partial charge in [0.05, 0.1) is 5.56 Å². The van der Waals surface area contributed by atoms with Gasteiger partial charge in [0, 0.05) is 17.8 Å². The maximum Gasteiger partial charge on any atom is 0.255 e. The van der Waals surface area contributed by atoms with Crippen molar-refractivity contribution in [2.24, 2.45) is 5.41 Å². The van der Waals surface area contributed by atoms with Crippen LogP contribution in [0.3, 0.4) is 0 Å². The Morgan fingerprint density at radius 1 is 1.53 bits per heavy atom. The van der Waals surface area contributed by atoms with E-state index in [2.05, 4.69) is 5.32 Å². The lowest BCUT2D eigenvalue weighted by atomic mass is 10.1. The number of nitrogens with one attached hydrogen (secondary N) is 1. The lowest BCUT2D eigenvalue weighted by molar-refractivity contribution is 0.0943. The summed E-state index contributed by atoms with van der Waals surface area (Å²) >= 11 is 5.78. The molecule has 1 fully saturated rings. The quantitative estimate of drug-likeness (QED) is 0.813. The second-order valence-corrected chi connectivity index (χ2v) is 4.75. The number of amides is 1. The molecule has 0 aliphatic heterocycles. The average Bonchev–Trinajstić information content (AvgIpc) is 3.10. The highest BCUT2D eigenvalue weighted by Gasteiger charge is 2.41. The van der Waals surface area contributed by atoms with Crippen molar-refractivity contribution in [3.63, 3.8) is 0 Å². The Morgan fingerprint density at radius 3 is 2.82 bits per heavy atom. The summed E-state index contributed by atoms with van der Waals surface area (Å²) in [7, 11) is 0. The molecule has 5 heteroatoms. The molecule has 92 valence electrons. The van der Waals surface area contributed by atoms with Crippen LogP contribution in [0.4, 0.5) is 4.39 Å². The molecule has 0 saturated heterocycles. The molecule has 0 bridgehead atoms. The Morgan fingerprint density at radius 2 is 2.24 bits per heavy atom. The van der Waals surface area contributed by atoms with Crippen molar-refractivity contribution in [1.82, 2.24) is 5.32 Å². The minimum atomic E-state index is -0.550. The van der Waals surface area contributed by atoms with Gasteiger partial charge in [-0.05, 0) is 31.0 Å². The lowest BCUT2D eigenvalue weighted by Crippen LogP contribution is -2.31. The van der Waals surface area contributed by atoms with Crippen LogP contribution in [0.25, 0.3) is 0 Å². The number of carbonyl (C=O) groups excluding carboxylic acids is 1. The molecule has 0 atom stereocenters. The van der Waals surface area contributed by atoms with E-state index in [1.54, 1.807) is 0 Å². The van der Waals surface area contributed by atoms with Crippen molar-refractivity contribution in [1.29, 1.82) is 0 Å². The number of phenolic OH excluding ortho intramolecular Hbond substituents is 1. The minimum absolute atomic E-state index is 0.000158. The zero-order chi connectivity index (χ0) is 12.5. The second-order valence-electron chi connectivity index (χ2n) is 4.48. The van der Waals surface area contributed by atoms with Crippen LogP contribution in [0.15, 0.2) is 18.2 Å². The van der Waals surface area contributed by atoms with E-state index in [0.29, 0.717) is 12.4 Å². The number of alkyl halides is 1. The van der Waals surface area contributed by atoms with Crippen LogP contribution in [0.2, 0.25) is 0 Å². The van der Waals surface area contributed by atoms with Gasteiger partial charge in [0.1, 0.15) is 11.6 Å². The number of carbonyl (C=O) groups is 1. The summed E-state index contributed by atoms with van der Waals surface area (Å²) in [6.45, 7) is 0.464. The monoisotopic (exact) mass is 257 g/mol. The Bertz CT molecular complexity index is 446. The SMILES string of the molecule is O=C(NCC1(CCl)CC1)c1cc(F)ccc1O. The first-order valence-corrected chi connectivity index (χ1v) is 5.92. The molecule has 17 heavy (non-hydrogen) atoms. The molecule has 1 aromatic rings. The first-order chi connectivity index (χ1) is 8.06. The molecule has 1 aromatic carbocycles. The van der Waals surface area contributed by atoms with Gasteiger partial charge in [-0.25, -0.2) is 4.39 Å². The van der Waals surface area contributed by atoms with E-state index < -0.39 is 11.7 Å². The Hall–Kier alpha value is -1.29. The molecule has 1 aliphatic rings. The van der Waals surface area contributed by atoms with Gasteiger partial charge in [0.2, 0.25) is 0 Å². The maximum absolute atomic E-state index is 12.9. The molecule has 1 amide bonds. The van der Waals surface area contributed by atoms with Gasteiger partial charge >= 0.3 is 0 Å². The minimum Gasteiger partial charge on any atom is -0.507 e. The molecule has 1 aliphatic carbocycles. The molecular weight excluding hydrogens is 245 g/mol. The van der Waals surface area contributed by atoms with Gasteiger partial charge in [0.15, 0.2) is 0 Å². The molecule has 2 rings (SSSR count). The fourth-order valence-electron chi connectivity index (χ4n) is 1.59. The van der Waals surface area contributed by atoms with Crippen molar-refractivity contribution in [3.8, 4) is 5.75 Å². The summed E-state index contributed by atoms with van der Waals surface area (Å²) in [4.78, 5) is 11.7. The van der Waals surface area contributed by atoms with E-state index in [9.17, 15) is 14.3 Å². The first kappa shape index (κ1) is 12.2. The van der Waals surface area contributed by atoms with E-state index in [4.69, 9.17) is 11.6 Å². The van der Waals surface area contributed by atoms with E-state index in [1.807, 2.05) is 0 Å². The zero-order valence-corrected chi connectivity index (χ0v) is 9.93. The third-order valence-corrected chi connectivity index (χ3v) is 3.63. The van der Waals surface area contributed by atoms with Crippen molar-refractivity contribution in [3.05, 3.63) is 29.6 Å². The normalized spacial score (nSPS) is 16.6. The number of hydrogen-bond donors (Lipinski definition) is 2. The summed E-state index contributed by atoms with van der Waals surface area (Å²) in [5.41, 5.74) is -0.0458. The highest BCUT2D eigenvalue weighted by Crippen LogP contribution is 2.45. The number of hydrogen-bond acceptors (Lipinski definition) is 2. The van der Waals surface area contributed by atoms with Crippen LogP contribution < -0.4 is 5.32 Å². The van der Waals surface area contributed by atoms with Crippen LogP contribution >= 0.6 is 11.6 Å².